The van der Waals surface area contributed by atoms with E-state index in [1.165, 1.54) is 23.3 Å². The van der Waals surface area contributed by atoms with Crippen molar-refractivity contribution in [2.75, 3.05) is 13.1 Å². The Labute approximate surface area is 183 Å². The topological polar surface area (TPSA) is 80.9 Å². The van der Waals surface area contributed by atoms with E-state index >= 15 is 0 Å². The maximum Gasteiger partial charge on any atom is 0.258 e. The second kappa shape index (κ2) is 8.54. The number of nitrogens with zero attached hydrogens (tertiary/aromatic N) is 4. The van der Waals surface area contributed by atoms with Crippen molar-refractivity contribution in [3.63, 3.8) is 0 Å². The van der Waals surface area contributed by atoms with Crippen molar-refractivity contribution in [1.82, 2.24) is 25.2 Å². The molecular weight excluding hydrogens is 388 g/mol. The molecule has 166 valence electrons. The molecule has 0 amide bonds. The fourth-order valence-electron chi connectivity index (χ4n) is 4.89. The summed E-state index contributed by atoms with van der Waals surface area (Å²) in [7, 11) is 0. The molecule has 31 heavy (non-hydrogen) atoms. The van der Waals surface area contributed by atoms with Crippen LogP contribution in [0.5, 0.6) is 0 Å². The first-order valence-electron chi connectivity index (χ1n) is 11.6. The molecule has 2 aromatic heterocycles. The van der Waals surface area contributed by atoms with Crippen LogP contribution in [0.25, 0.3) is 10.9 Å². The van der Waals surface area contributed by atoms with Crippen molar-refractivity contribution in [3.8, 4) is 0 Å². The Morgan fingerprint density at radius 3 is 2.52 bits per heavy atom. The number of tetrazole rings is 1. The van der Waals surface area contributed by atoms with Crippen molar-refractivity contribution >= 4 is 10.9 Å². The second-order valence-corrected chi connectivity index (χ2v) is 9.72. The summed E-state index contributed by atoms with van der Waals surface area (Å²) in [6, 6.07) is 6.15. The number of H-pyrrole nitrogens is 1. The Balaban J connectivity index is 1.93. The van der Waals surface area contributed by atoms with E-state index < -0.39 is 0 Å². The number of likely N-dealkylation sites (tertiary alicyclic amines) is 1. The summed E-state index contributed by atoms with van der Waals surface area (Å²) in [4.78, 5) is 18.0. The lowest BCUT2D eigenvalue weighted by Gasteiger charge is -2.30. The van der Waals surface area contributed by atoms with Gasteiger partial charge < -0.3 is 9.88 Å². The molecule has 1 atom stereocenters. The number of aryl methyl sites for hydroxylation is 2. The molecule has 2 N–H and O–H groups in total. The molecule has 3 heterocycles. The molecule has 1 aliphatic heterocycles. The van der Waals surface area contributed by atoms with Crippen molar-refractivity contribution in [1.29, 1.82) is 0 Å². The highest BCUT2D eigenvalue weighted by Gasteiger charge is 2.37. The summed E-state index contributed by atoms with van der Waals surface area (Å²) >= 11 is 0. The molecule has 4 rings (SSSR count). The predicted molar refractivity (Wildman–Crippen MR) is 122 cm³/mol. The van der Waals surface area contributed by atoms with E-state index in [-0.39, 0.29) is 17.1 Å². The molecule has 0 spiro atoms. The van der Waals surface area contributed by atoms with Crippen LogP contribution in [-0.4, -0.2) is 38.3 Å². The molecule has 7 nitrogen and oxygen atoms in total. The van der Waals surface area contributed by atoms with Crippen LogP contribution in [0, 0.1) is 13.8 Å². The molecule has 1 aliphatic rings. The van der Waals surface area contributed by atoms with E-state index in [0.29, 0.717) is 0 Å². The van der Waals surface area contributed by atoms with Crippen LogP contribution in [0.2, 0.25) is 0 Å². The molecule has 0 saturated carbocycles. The van der Waals surface area contributed by atoms with Crippen LogP contribution in [0.3, 0.4) is 0 Å². The number of aromatic amines is 1. The highest BCUT2D eigenvalue weighted by molar-refractivity contribution is 5.83. The third-order valence-corrected chi connectivity index (χ3v) is 6.98. The van der Waals surface area contributed by atoms with Crippen molar-refractivity contribution in [3.05, 3.63) is 51.1 Å². The van der Waals surface area contributed by atoms with Gasteiger partial charge in [0.2, 0.25) is 5.82 Å². The number of aromatic nitrogens is 5. The average molecular weight is 424 g/mol. The number of hydrogen-bond acceptors (Lipinski definition) is 4. The average Bonchev–Trinajstić information content (AvgIpc) is 3.06. The lowest BCUT2D eigenvalue weighted by Crippen LogP contribution is -3.12. The van der Waals surface area contributed by atoms with Crippen LogP contribution < -0.4 is 10.5 Å². The number of hydrogen-bond donors (Lipinski definition) is 2. The van der Waals surface area contributed by atoms with E-state index in [0.717, 1.165) is 60.2 Å². The Hall–Kier alpha value is -2.54. The van der Waals surface area contributed by atoms with Gasteiger partial charge in [-0.3, -0.25) is 4.79 Å². The SMILES string of the molecule is CCC(C)(C)n1nnnc1[C@@H](c1cc2cc(C)cc(C)c2[nH]c1=O)[NH+]1CCCCCC1. The number of rotatable bonds is 5. The molecule has 0 radical (unpaired) electrons. The van der Waals surface area contributed by atoms with Gasteiger partial charge >= 0.3 is 0 Å². The zero-order valence-corrected chi connectivity index (χ0v) is 19.5. The van der Waals surface area contributed by atoms with Gasteiger partial charge in [0.05, 0.1) is 29.7 Å². The number of quaternary nitrogens is 1. The monoisotopic (exact) mass is 423 g/mol. The van der Waals surface area contributed by atoms with Crippen LogP contribution in [0.1, 0.15) is 81.4 Å². The molecule has 7 heteroatoms. The fourth-order valence-corrected chi connectivity index (χ4v) is 4.89. The Bertz CT molecular complexity index is 1120. The van der Waals surface area contributed by atoms with Gasteiger partial charge in [0.15, 0.2) is 6.04 Å². The molecule has 1 saturated heterocycles. The summed E-state index contributed by atoms with van der Waals surface area (Å²) in [6.45, 7) is 12.6. The smallest absolute Gasteiger partial charge is 0.258 e. The first-order chi connectivity index (χ1) is 14.8. The van der Waals surface area contributed by atoms with E-state index in [4.69, 9.17) is 0 Å². The largest absolute Gasteiger partial charge is 0.322 e. The molecule has 1 aromatic carbocycles. The van der Waals surface area contributed by atoms with Gasteiger partial charge in [-0.15, -0.1) is 5.10 Å². The number of fused-ring (bicyclic) bond motifs is 1. The van der Waals surface area contributed by atoms with Crippen LogP contribution in [-0.2, 0) is 5.54 Å². The summed E-state index contributed by atoms with van der Waals surface area (Å²) in [5.41, 5.74) is 3.70. The highest BCUT2D eigenvalue weighted by atomic mass is 16.1. The number of pyridine rings is 1. The zero-order chi connectivity index (χ0) is 22.2. The Morgan fingerprint density at radius 2 is 1.84 bits per heavy atom. The normalized spacial score (nSPS) is 17.1. The first-order valence-corrected chi connectivity index (χ1v) is 11.6. The standard InChI is InChI=1S/C24H34N6O/c1-6-24(4,5)30-22(26-27-28-30)21(29-11-9-7-8-10-12-29)19-15-18-14-16(2)13-17(3)20(18)25-23(19)31/h13-15,21H,6-12H2,1-5H3,(H,25,31)/p+1/t21-/m1/s1. The maximum atomic E-state index is 13.4. The molecule has 3 aromatic rings. The van der Waals surface area contributed by atoms with Gasteiger partial charge in [-0.25, -0.2) is 4.68 Å². The van der Waals surface area contributed by atoms with Crippen molar-refractivity contribution in [2.24, 2.45) is 0 Å². The van der Waals surface area contributed by atoms with Crippen molar-refractivity contribution in [2.45, 2.75) is 78.3 Å². The third-order valence-electron chi connectivity index (χ3n) is 6.98. The molecular formula is C24H35N6O+. The predicted octanol–water partition coefficient (Wildman–Crippen LogP) is 2.82. The van der Waals surface area contributed by atoms with E-state index in [2.05, 4.69) is 66.4 Å². The summed E-state index contributed by atoms with van der Waals surface area (Å²) < 4.78 is 1.95. The minimum Gasteiger partial charge on any atom is -0.322 e. The Morgan fingerprint density at radius 1 is 1.13 bits per heavy atom. The summed E-state index contributed by atoms with van der Waals surface area (Å²) in [5, 5.41) is 14.0. The van der Waals surface area contributed by atoms with Gasteiger partial charge in [-0.05, 0) is 93.3 Å². The molecule has 0 aliphatic carbocycles. The lowest BCUT2D eigenvalue weighted by atomic mass is 9.98. The van der Waals surface area contributed by atoms with Gasteiger partial charge in [-0.2, -0.15) is 0 Å². The van der Waals surface area contributed by atoms with Crippen LogP contribution in [0.15, 0.2) is 23.0 Å². The van der Waals surface area contributed by atoms with Gasteiger partial charge in [-0.1, -0.05) is 18.6 Å². The van der Waals surface area contributed by atoms with Gasteiger partial charge in [0, 0.05) is 0 Å². The van der Waals surface area contributed by atoms with Crippen LogP contribution in [0.4, 0.5) is 0 Å². The van der Waals surface area contributed by atoms with E-state index in [1.807, 2.05) is 11.6 Å². The third kappa shape index (κ3) is 4.15. The van der Waals surface area contributed by atoms with Gasteiger partial charge in [0.1, 0.15) is 0 Å². The molecule has 1 fully saturated rings. The maximum absolute atomic E-state index is 13.4. The Kier molecular flexibility index (Phi) is 5.97. The summed E-state index contributed by atoms with van der Waals surface area (Å²) in [6.07, 6.45) is 5.71. The van der Waals surface area contributed by atoms with Crippen molar-refractivity contribution < 1.29 is 4.90 Å². The lowest BCUT2D eigenvalue weighted by molar-refractivity contribution is -0.925. The minimum absolute atomic E-state index is 0.0370. The van der Waals surface area contributed by atoms with E-state index in [1.54, 1.807) is 0 Å². The quantitative estimate of drug-likeness (QED) is 0.661. The number of benzene rings is 1. The van der Waals surface area contributed by atoms with Crippen LogP contribution >= 0.6 is 0 Å². The summed E-state index contributed by atoms with van der Waals surface area (Å²) in [5.74, 6) is 0.790. The second-order valence-electron chi connectivity index (χ2n) is 9.72. The first kappa shape index (κ1) is 21.7. The number of nitrogens with one attached hydrogen (secondary N) is 2. The zero-order valence-electron chi connectivity index (χ0n) is 19.5. The molecule has 0 bridgehead atoms. The highest BCUT2D eigenvalue weighted by Crippen LogP contribution is 2.26. The molecule has 0 unspecified atom stereocenters. The van der Waals surface area contributed by atoms with Gasteiger partial charge in [0.25, 0.3) is 5.56 Å². The van der Waals surface area contributed by atoms with E-state index in [9.17, 15) is 4.79 Å². The fraction of sp³-hybridized carbons (Fsp3) is 0.583. The minimum atomic E-state index is -0.223.